The van der Waals surface area contributed by atoms with E-state index in [1.54, 1.807) is 4.90 Å². The smallest absolute Gasteiger partial charge is 0.352 e. The lowest BCUT2D eigenvalue weighted by atomic mass is 9.71. The summed E-state index contributed by atoms with van der Waals surface area (Å²) in [6.45, 7) is 8.31. The van der Waals surface area contributed by atoms with Gasteiger partial charge in [0.1, 0.15) is 5.70 Å². The third kappa shape index (κ3) is 2.46. The summed E-state index contributed by atoms with van der Waals surface area (Å²) in [5.41, 5.74) is 3.21. The molecule has 4 atom stereocenters. The van der Waals surface area contributed by atoms with Crippen molar-refractivity contribution >= 4 is 25.8 Å². The van der Waals surface area contributed by atoms with Gasteiger partial charge < -0.3 is 14.4 Å². The maximum absolute atomic E-state index is 12.9. The average Bonchev–Trinajstić information content (AvgIpc) is 2.84. The van der Waals surface area contributed by atoms with Crippen molar-refractivity contribution in [2.75, 3.05) is 0 Å². The zero-order valence-corrected chi connectivity index (χ0v) is 16.7. The number of amides is 1. The van der Waals surface area contributed by atoms with E-state index in [1.807, 2.05) is 25.1 Å². The van der Waals surface area contributed by atoms with Crippen molar-refractivity contribution in [3.8, 4) is 0 Å². The quantitative estimate of drug-likeness (QED) is 0.652. The maximum Gasteiger partial charge on any atom is 0.352 e. The van der Waals surface area contributed by atoms with Crippen LogP contribution in [0.25, 0.3) is 5.57 Å². The van der Waals surface area contributed by atoms with Gasteiger partial charge in [0.05, 0.1) is 18.1 Å². The Morgan fingerprint density at radius 1 is 1.31 bits per heavy atom. The van der Waals surface area contributed by atoms with Crippen LogP contribution in [0.3, 0.4) is 0 Å². The number of carbonyl (C=O) groups excluding carboxylic acids is 1. The summed E-state index contributed by atoms with van der Waals surface area (Å²) < 4.78 is 6.19. The standard InChI is InChI=1S/C20H25NO4Si/c1-11(25-26(2,3)4)15-17-14-10-9-12-7-5-6-8-13(12)16(14)18(20(23)24)21(17)19(15)22/h5-8,11,14-15,17H,9-10H2,1-4H3,(H,23,24)/t11-,14-,15-,17-/m1/s1. The fraction of sp³-hybridized carbons (Fsp3) is 0.500. The van der Waals surface area contributed by atoms with Crippen LogP contribution in [0.5, 0.6) is 0 Å². The molecule has 2 aliphatic heterocycles. The van der Waals surface area contributed by atoms with Gasteiger partial charge in [-0.25, -0.2) is 4.79 Å². The number of β-lactam (4-membered cyclic amide) rings is 1. The fourth-order valence-electron chi connectivity index (χ4n) is 4.98. The van der Waals surface area contributed by atoms with Crippen LogP contribution < -0.4 is 0 Å². The van der Waals surface area contributed by atoms with Gasteiger partial charge in [0, 0.05) is 5.92 Å². The summed E-state index contributed by atoms with van der Waals surface area (Å²) in [4.78, 5) is 26.5. The van der Waals surface area contributed by atoms with E-state index in [2.05, 4.69) is 25.7 Å². The predicted molar refractivity (Wildman–Crippen MR) is 101 cm³/mol. The van der Waals surface area contributed by atoms with Crippen molar-refractivity contribution < 1.29 is 19.1 Å². The highest BCUT2D eigenvalue weighted by atomic mass is 28.4. The summed E-state index contributed by atoms with van der Waals surface area (Å²) in [5, 5.41) is 9.85. The Hall–Kier alpha value is -1.92. The van der Waals surface area contributed by atoms with E-state index in [4.69, 9.17) is 4.43 Å². The van der Waals surface area contributed by atoms with E-state index < -0.39 is 14.3 Å². The molecular formula is C20H25NO4Si. The van der Waals surface area contributed by atoms with Gasteiger partial charge in [-0.15, -0.1) is 0 Å². The van der Waals surface area contributed by atoms with E-state index >= 15 is 0 Å². The van der Waals surface area contributed by atoms with Crippen LogP contribution in [0.1, 0.15) is 24.5 Å². The number of carbonyl (C=O) groups is 2. The highest BCUT2D eigenvalue weighted by molar-refractivity contribution is 6.69. The second-order valence-electron chi connectivity index (χ2n) is 8.53. The molecule has 0 bridgehead atoms. The minimum Gasteiger partial charge on any atom is -0.477 e. The van der Waals surface area contributed by atoms with Crippen LogP contribution >= 0.6 is 0 Å². The highest BCUT2D eigenvalue weighted by Gasteiger charge is 2.62. The first-order chi connectivity index (χ1) is 12.2. The van der Waals surface area contributed by atoms with Crippen molar-refractivity contribution in [2.24, 2.45) is 11.8 Å². The van der Waals surface area contributed by atoms with Crippen LogP contribution in [0, 0.1) is 11.8 Å². The molecule has 1 N–H and O–H groups in total. The lowest BCUT2D eigenvalue weighted by molar-refractivity contribution is -0.162. The van der Waals surface area contributed by atoms with Crippen LogP contribution in [0.4, 0.5) is 0 Å². The largest absolute Gasteiger partial charge is 0.477 e. The van der Waals surface area contributed by atoms with E-state index in [-0.39, 0.29) is 35.6 Å². The third-order valence-corrected chi connectivity index (χ3v) is 6.83. The van der Waals surface area contributed by atoms with E-state index in [0.717, 1.165) is 24.0 Å². The summed E-state index contributed by atoms with van der Waals surface area (Å²) in [7, 11) is -1.78. The first kappa shape index (κ1) is 17.5. The topological polar surface area (TPSA) is 66.8 Å². The molecule has 5 nitrogen and oxygen atoms in total. The predicted octanol–water partition coefficient (Wildman–Crippen LogP) is 3.13. The van der Waals surface area contributed by atoms with Crippen LogP contribution in [0.2, 0.25) is 19.6 Å². The molecule has 1 aliphatic carbocycles. The van der Waals surface area contributed by atoms with Gasteiger partial charge in [-0.2, -0.15) is 0 Å². The van der Waals surface area contributed by atoms with E-state index in [9.17, 15) is 14.7 Å². The molecule has 1 saturated heterocycles. The molecule has 0 saturated carbocycles. The number of carboxylic acid groups (broad SMARTS) is 1. The van der Waals surface area contributed by atoms with Gasteiger partial charge >= 0.3 is 5.97 Å². The van der Waals surface area contributed by atoms with Crippen LogP contribution in [-0.4, -0.2) is 42.3 Å². The molecule has 1 fully saturated rings. The molecule has 138 valence electrons. The van der Waals surface area contributed by atoms with Crippen molar-refractivity contribution in [1.29, 1.82) is 0 Å². The molecule has 26 heavy (non-hydrogen) atoms. The summed E-state index contributed by atoms with van der Waals surface area (Å²) in [6, 6.07) is 7.90. The van der Waals surface area contributed by atoms with Crippen molar-refractivity contribution in [1.82, 2.24) is 4.90 Å². The molecule has 6 heteroatoms. The number of carboxylic acids is 1. The Bertz CT molecular complexity index is 825. The van der Waals surface area contributed by atoms with Crippen LogP contribution in [0.15, 0.2) is 30.0 Å². The van der Waals surface area contributed by atoms with Crippen molar-refractivity contribution in [2.45, 2.75) is 51.6 Å². The molecule has 0 radical (unpaired) electrons. The zero-order chi connectivity index (χ0) is 18.8. The fourth-order valence-corrected chi connectivity index (χ4v) is 6.24. The molecule has 1 aromatic rings. The molecule has 1 amide bonds. The minimum absolute atomic E-state index is 0.0803. The summed E-state index contributed by atoms with van der Waals surface area (Å²) in [5.74, 6) is -1.26. The Balaban J connectivity index is 1.74. The molecule has 2 heterocycles. The Morgan fingerprint density at radius 3 is 2.65 bits per heavy atom. The lowest BCUT2D eigenvalue weighted by Gasteiger charge is -2.49. The zero-order valence-electron chi connectivity index (χ0n) is 15.7. The minimum atomic E-state index is -1.78. The molecule has 4 rings (SSSR count). The number of fused-ring (bicyclic) bond motifs is 5. The van der Waals surface area contributed by atoms with Gasteiger partial charge in [-0.05, 0) is 56.1 Å². The number of nitrogens with zero attached hydrogens (tertiary/aromatic N) is 1. The van der Waals surface area contributed by atoms with Gasteiger partial charge in [0.25, 0.3) is 0 Å². The van der Waals surface area contributed by atoms with Gasteiger partial charge in [0.2, 0.25) is 5.91 Å². The number of aliphatic carboxylic acids is 1. The monoisotopic (exact) mass is 371 g/mol. The number of benzene rings is 1. The molecule has 3 aliphatic rings. The second kappa shape index (κ2) is 5.79. The molecule has 0 unspecified atom stereocenters. The normalized spacial score (nSPS) is 28.2. The Labute approximate surface area is 154 Å². The molecular weight excluding hydrogens is 346 g/mol. The van der Waals surface area contributed by atoms with Gasteiger partial charge in [-0.1, -0.05) is 24.3 Å². The van der Waals surface area contributed by atoms with Gasteiger partial charge in [0.15, 0.2) is 8.32 Å². The summed E-state index contributed by atoms with van der Waals surface area (Å²) in [6.07, 6.45) is 1.63. The third-order valence-electron chi connectivity index (χ3n) is 5.75. The Kier molecular flexibility index (Phi) is 3.89. The van der Waals surface area contributed by atoms with E-state index in [0.29, 0.717) is 0 Å². The summed E-state index contributed by atoms with van der Waals surface area (Å²) >= 11 is 0. The number of aryl methyl sites for hydroxylation is 1. The second-order valence-corrected chi connectivity index (χ2v) is 13.0. The first-order valence-corrected chi connectivity index (χ1v) is 12.7. The molecule has 0 aromatic heterocycles. The SMILES string of the molecule is C[C@@H](O[Si](C)(C)C)[C@H]1C(=O)N2C(C(=O)O)=C3c4ccccc4CC[C@H]3[C@H]12. The van der Waals surface area contributed by atoms with E-state index in [1.165, 1.54) is 5.56 Å². The average molecular weight is 372 g/mol. The first-order valence-electron chi connectivity index (χ1n) is 9.27. The molecule has 0 spiro atoms. The highest BCUT2D eigenvalue weighted by Crippen LogP contribution is 2.54. The lowest BCUT2D eigenvalue weighted by Crippen LogP contribution is -2.65. The van der Waals surface area contributed by atoms with Crippen molar-refractivity contribution in [3.63, 3.8) is 0 Å². The number of rotatable bonds is 4. The van der Waals surface area contributed by atoms with Crippen molar-refractivity contribution in [3.05, 3.63) is 41.1 Å². The molecule has 1 aromatic carbocycles. The van der Waals surface area contributed by atoms with Crippen LogP contribution in [-0.2, 0) is 20.4 Å². The number of hydrogen-bond acceptors (Lipinski definition) is 3. The number of hydrogen-bond donors (Lipinski definition) is 1. The maximum atomic E-state index is 12.9. The van der Waals surface area contributed by atoms with Gasteiger partial charge in [-0.3, -0.25) is 4.79 Å². The Morgan fingerprint density at radius 2 is 2.00 bits per heavy atom.